The summed E-state index contributed by atoms with van der Waals surface area (Å²) < 4.78 is 65.8. The van der Waals surface area contributed by atoms with E-state index in [0.29, 0.717) is 22.7 Å². The van der Waals surface area contributed by atoms with Gasteiger partial charge < -0.3 is 5.32 Å². The fourth-order valence-electron chi connectivity index (χ4n) is 2.09. The van der Waals surface area contributed by atoms with E-state index in [1.54, 1.807) is 17.5 Å². The maximum atomic E-state index is 13.6. The molecule has 1 N–H and O–H groups in total. The molecular formula is C17H10F5N3OS2. The lowest BCUT2D eigenvalue weighted by atomic mass is 10.3. The Labute approximate surface area is 163 Å². The predicted octanol–water partition coefficient (Wildman–Crippen LogP) is 5.23. The first-order valence-electron chi connectivity index (χ1n) is 7.60. The van der Waals surface area contributed by atoms with Gasteiger partial charge in [0, 0.05) is 6.07 Å². The molecule has 0 fully saturated rings. The van der Waals surface area contributed by atoms with Gasteiger partial charge in [-0.2, -0.15) is 13.2 Å². The summed E-state index contributed by atoms with van der Waals surface area (Å²) >= 11 is 1.89. The van der Waals surface area contributed by atoms with E-state index in [2.05, 4.69) is 15.3 Å². The molecule has 0 radical (unpaired) electrons. The second-order valence-electron chi connectivity index (χ2n) is 5.36. The van der Waals surface area contributed by atoms with Crippen molar-refractivity contribution in [2.45, 2.75) is 11.3 Å². The van der Waals surface area contributed by atoms with E-state index in [1.165, 1.54) is 11.3 Å². The Hall–Kier alpha value is -2.53. The monoisotopic (exact) mass is 431 g/mol. The topological polar surface area (TPSA) is 54.9 Å². The molecule has 2 aromatic heterocycles. The number of carbonyl (C=O) groups is 1. The number of aromatic nitrogens is 2. The van der Waals surface area contributed by atoms with Gasteiger partial charge in [-0.1, -0.05) is 17.8 Å². The molecule has 0 aliphatic rings. The second-order valence-corrected chi connectivity index (χ2v) is 7.25. The average Bonchev–Trinajstić information content (AvgIpc) is 3.16. The Morgan fingerprint density at radius 1 is 1.14 bits per heavy atom. The fourth-order valence-corrected chi connectivity index (χ4v) is 3.44. The number of thioether (sulfide) groups is 1. The van der Waals surface area contributed by atoms with E-state index in [9.17, 15) is 26.7 Å². The van der Waals surface area contributed by atoms with Crippen molar-refractivity contribution in [2.24, 2.45) is 0 Å². The normalized spacial score (nSPS) is 11.5. The molecule has 0 aliphatic heterocycles. The Morgan fingerprint density at radius 2 is 1.93 bits per heavy atom. The number of halogens is 5. The maximum absolute atomic E-state index is 13.6. The average molecular weight is 431 g/mol. The summed E-state index contributed by atoms with van der Waals surface area (Å²) in [4.78, 5) is 20.0. The van der Waals surface area contributed by atoms with Gasteiger partial charge in [0.1, 0.15) is 17.3 Å². The fraction of sp³-hybridized carbons (Fsp3) is 0.118. The summed E-state index contributed by atoms with van der Waals surface area (Å²) in [6, 6.07) is 6.74. The summed E-state index contributed by atoms with van der Waals surface area (Å²) in [6.45, 7) is 0. The lowest BCUT2D eigenvalue weighted by molar-refractivity contribution is -0.141. The third-order valence-electron chi connectivity index (χ3n) is 3.31. The van der Waals surface area contributed by atoms with E-state index in [4.69, 9.17) is 0 Å². The van der Waals surface area contributed by atoms with Crippen LogP contribution in [0.2, 0.25) is 0 Å². The first kappa shape index (κ1) is 20.2. The van der Waals surface area contributed by atoms with Crippen molar-refractivity contribution in [2.75, 3.05) is 11.1 Å². The van der Waals surface area contributed by atoms with Gasteiger partial charge in [0.15, 0.2) is 5.16 Å². The minimum atomic E-state index is -4.68. The molecular weight excluding hydrogens is 421 g/mol. The van der Waals surface area contributed by atoms with Crippen molar-refractivity contribution in [1.29, 1.82) is 0 Å². The molecule has 0 bridgehead atoms. The summed E-state index contributed by atoms with van der Waals surface area (Å²) in [7, 11) is 0. The Balaban J connectivity index is 1.76. The number of amides is 1. The third-order valence-corrected chi connectivity index (χ3v) is 5.05. The van der Waals surface area contributed by atoms with Crippen molar-refractivity contribution in [3.05, 3.63) is 59.1 Å². The van der Waals surface area contributed by atoms with Gasteiger partial charge in [-0.05, 0) is 29.6 Å². The van der Waals surface area contributed by atoms with Crippen LogP contribution in [0.3, 0.4) is 0 Å². The van der Waals surface area contributed by atoms with Crippen LogP contribution < -0.4 is 5.32 Å². The minimum absolute atomic E-state index is 0.0878. The van der Waals surface area contributed by atoms with Gasteiger partial charge in [-0.15, -0.1) is 11.3 Å². The predicted molar refractivity (Wildman–Crippen MR) is 96.1 cm³/mol. The quantitative estimate of drug-likeness (QED) is 0.341. The number of hydrogen-bond acceptors (Lipinski definition) is 5. The van der Waals surface area contributed by atoms with E-state index in [1.807, 2.05) is 0 Å². The maximum Gasteiger partial charge on any atom is 0.433 e. The zero-order chi connectivity index (χ0) is 20.3. The lowest BCUT2D eigenvalue weighted by Gasteiger charge is -2.10. The Bertz CT molecular complexity index is 993. The molecule has 3 aromatic rings. The summed E-state index contributed by atoms with van der Waals surface area (Å²) in [5.74, 6) is -2.83. The van der Waals surface area contributed by atoms with Gasteiger partial charge in [0.2, 0.25) is 5.91 Å². The van der Waals surface area contributed by atoms with E-state index in [-0.39, 0.29) is 22.3 Å². The molecule has 1 aromatic carbocycles. The highest BCUT2D eigenvalue weighted by molar-refractivity contribution is 7.99. The highest BCUT2D eigenvalue weighted by atomic mass is 32.2. The van der Waals surface area contributed by atoms with E-state index >= 15 is 0 Å². The van der Waals surface area contributed by atoms with Crippen LogP contribution in [0.5, 0.6) is 0 Å². The number of anilines is 1. The molecule has 0 atom stereocenters. The van der Waals surface area contributed by atoms with Crippen molar-refractivity contribution in [3.8, 4) is 10.6 Å². The number of thiophene rings is 1. The Kier molecular flexibility index (Phi) is 5.94. The van der Waals surface area contributed by atoms with Crippen LogP contribution in [0.25, 0.3) is 10.6 Å². The smallest absolute Gasteiger partial charge is 0.323 e. The van der Waals surface area contributed by atoms with Crippen LogP contribution in [-0.4, -0.2) is 21.6 Å². The highest BCUT2D eigenvalue weighted by Gasteiger charge is 2.34. The zero-order valence-corrected chi connectivity index (χ0v) is 15.4. The van der Waals surface area contributed by atoms with Crippen molar-refractivity contribution < 1.29 is 26.7 Å². The number of benzene rings is 1. The number of nitrogens with zero attached hydrogens (tertiary/aromatic N) is 2. The number of hydrogen-bond donors (Lipinski definition) is 1. The Morgan fingerprint density at radius 3 is 2.57 bits per heavy atom. The first-order chi connectivity index (χ1) is 13.2. The van der Waals surface area contributed by atoms with Crippen LogP contribution >= 0.6 is 23.1 Å². The number of rotatable bonds is 5. The van der Waals surface area contributed by atoms with Crippen molar-refractivity contribution in [1.82, 2.24) is 9.97 Å². The summed E-state index contributed by atoms with van der Waals surface area (Å²) in [6.07, 6.45) is -4.68. The van der Waals surface area contributed by atoms with E-state index < -0.39 is 29.4 Å². The minimum Gasteiger partial charge on any atom is -0.323 e. The molecule has 146 valence electrons. The van der Waals surface area contributed by atoms with E-state index in [0.717, 1.165) is 18.2 Å². The zero-order valence-electron chi connectivity index (χ0n) is 13.8. The molecule has 2 heterocycles. The molecule has 0 saturated heterocycles. The van der Waals surface area contributed by atoms with Gasteiger partial charge >= 0.3 is 6.18 Å². The molecule has 4 nitrogen and oxygen atoms in total. The van der Waals surface area contributed by atoms with Crippen molar-refractivity contribution in [3.63, 3.8) is 0 Å². The number of nitrogens with one attached hydrogen (secondary N) is 1. The van der Waals surface area contributed by atoms with Gasteiger partial charge in [-0.3, -0.25) is 4.79 Å². The molecule has 0 unspecified atom stereocenters. The van der Waals surface area contributed by atoms with Crippen LogP contribution in [0.15, 0.2) is 46.9 Å². The first-order valence-corrected chi connectivity index (χ1v) is 9.47. The molecule has 0 aliphatic carbocycles. The molecule has 0 spiro atoms. The van der Waals surface area contributed by atoms with Crippen LogP contribution in [-0.2, 0) is 11.0 Å². The molecule has 0 saturated carbocycles. The molecule has 11 heteroatoms. The van der Waals surface area contributed by atoms with Crippen LogP contribution in [0, 0.1) is 11.6 Å². The van der Waals surface area contributed by atoms with Gasteiger partial charge in [0.25, 0.3) is 0 Å². The molecule has 3 rings (SSSR count). The summed E-state index contributed by atoms with van der Waals surface area (Å²) in [5, 5.41) is 3.67. The molecule has 1 amide bonds. The van der Waals surface area contributed by atoms with Crippen molar-refractivity contribution >= 4 is 34.7 Å². The van der Waals surface area contributed by atoms with Crippen LogP contribution in [0.4, 0.5) is 27.6 Å². The van der Waals surface area contributed by atoms with Gasteiger partial charge in [0.05, 0.1) is 22.0 Å². The second kappa shape index (κ2) is 8.23. The third kappa shape index (κ3) is 5.04. The highest BCUT2D eigenvalue weighted by Crippen LogP contribution is 2.33. The lowest BCUT2D eigenvalue weighted by Crippen LogP contribution is -2.16. The van der Waals surface area contributed by atoms with Crippen LogP contribution in [0.1, 0.15) is 5.69 Å². The summed E-state index contributed by atoms with van der Waals surface area (Å²) in [5.41, 5.74) is -1.28. The SMILES string of the molecule is O=C(CSc1nc(-c2cccs2)cc(C(F)(F)F)n1)Nc1ccc(F)cc1F. The van der Waals surface area contributed by atoms with Gasteiger partial charge in [-0.25, -0.2) is 18.7 Å². The number of carbonyl (C=O) groups excluding carboxylic acids is 1. The standard InChI is InChI=1S/C17H10F5N3OS2/c18-9-3-4-11(10(19)6-9)23-15(26)8-28-16-24-12(13-2-1-5-27-13)7-14(25-16)17(20,21)22/h1-7H,8H2,(H,23,26). The molecule has 28 heavy (non-hydrogen) atoms. The largest absolute Gasteiger partial charge is 0.433 e. The number of alkyl halides is 3.